The number of benzene rings is 2. The molecule has 0 spiro atoms. The number of hydrogen-bond acceptors (Lipinski definition) is 3. The largest absolute Gasteiger partial charge is 0.350 e. The Morgan fingerprint density at radius 1 is 1.13 bits per heavy atom. The van der Waals surface area contributed by atoms with E-state index in [9.17, 15) is 14.0 Å². The lowest BCUT2D eigenvalue weighted by molar-refractivity contribution is -0.139. The summed E-state index contributed by atoms with van der Waals surface area (Å²) in [5, 5.41) is 3.59. The molecule has 30 heavy (non-hydrogen) atoms. The lowest BCUT2D eigenvalue weighted by Crippen LogP contribution is -2.52. The Balaban J connectivity index is 2.10. The second-order valence-electron chi connectivity index (χ2n) is 8.15. The molecule has 0 unspecified atom stereocenters. The number of hydrogen-bond donors (Lipinski definition) is 1. The van der Waals surface area contributed by atoms with Crippen molar-refractivity contribution in [3.63, 3.8) is 0 Å². The third-order valence-corrected chi connectivity index (χ3v) is 5.71. The highest BCUT2D eigenvalue weighted by Gasteiger charge is 2.28. The van der Waals surface area contributed by atoms with Crippen molar-refractivity contribution < 1.29 is 14.0 Å². The van der Waals surface area contributed by atoms with E-state index in [4.69, 9.17) is 11.6 Å². The van der Waals surface area contributed by atoms with Gasteiger partial charge in [0.2, 0.25) is 11.8 Å². The number of carbonyl (C=O) groups is 2. The smallest absolute Gasteiger partial charge is 0.242 e. The molecule has 0 aliphatic carbocycles. The van der Waals surface area contributed by atoms with Gasteiger partial charge in [0.15, 0.2) is 0 Å². The normalized spacial score (nSPS) is 12.3. The highest BCUT2D eigenvalue weighted by Crippen LogP contribution is 2.22. The summed E-state index contributed by atoms with van der Waals surface area (Å²) in [4.78, 5) is 27.3. The van der Waals surface area contributed by atoms with Gasteiger partial charge in [-0.3, -0.25) is 9.59 Å². The summed E-state index contributed by atoms with van der Waals surface area (Å²) < 4.78 is 13.3. The minimum absolute atomic E-state index is 0.159. The van der Waals surface area contributed by atoms with Crippen molar-refractivity contribution in [1.29, 1.82) is 0 Å². The molecule has 0 fully saturated rings. The van der Waals surface area contributed by atoms with Crippen LogP contribution in [0.25, 0.3) is 0 Å². The maximum absolute atomic E-state index is 13.3. The van der Waals surface area contributed by atoms with E-state index >= 15 is 0 Å². The van der Waals surface area contributed by atoms with Crippen molar-refractivity contribution in [2.45, 2.75) is 51.6 Å². The molecule has 0 saturated carbocycles. The highest BCUT2D eigenvalue weighted by molar-refractivity contribution is 7.99. The van der Waals surface area contributed by atoms with Crippen LogP contribution in [0.2, 0.25) is 5.02 Å². The van der Waals surface area contributed by atoms with Gasteiger partial charge in [0.05, 0.1) is 5.75 Å². The molecule has 0 radical (unpaired) electrons. The van der Waals surface area contributed by atoms with E-state index < -0.39 is 11.6 Å². The maximum atomic E-state index is 13.3. The van der Waals surface area contributed by atoms with Gasteiger partial charge in [0.25, 0.3) is 0 Å². The van der Waals surface area contributed by atoms with Gasteiger partial charge in [0, 0.05) is 22.9 Å². The van der Waals surface area contributed by atoms with Gasteiger partial charge < -0.3 is 10.2 Å². The van der Waals surface area contributed by atoms with Crippen LogP contribution in [0.15, 0.2) is 48.5 Å². The summed E-state index contributed by atoms with van der Waals surface area (Å²) in [6.07, 6.45) is 0. The molecule has 0 aliphatic rings. The molecule has 162 valence electrons. The van der Waals surface area contributed by atoms with E-state index in [1.165, 1.54) is 28.8 Å². The Bertz CT molecular complexity index is 868. The van der Waals surface area contributed by atoms with Crippen LogP contribution < -0.4 is 5.32 Å². The number of amides is 2. The second kappa shape index (κ2) is 10.8. The molecule has 0 aromatic heterocycles. The van der Waals surface area contributed by atoms with Crippen molar-refractivity contribution >= 4 is 35.2 Å². The van der Waals surface area contributed by atoms with Gasteiger partial charge in [-0.15, -0.1) is 11.8 Å². The van der Waals surface area contributed by atoms with Gasteiger partial charge in [-0.2, -0.15) is 0 Å². The molecule has 0 bridgehead atoms. The summed E-state index contributed by atoms with van der Waals surface area (Å²) in [5.74, 6) is 0.0743. The number of nitrogens with one attached hydrogen (secondary N) is 1. The summed E-state index contributed by atoms with van der Waals surface area (Å²) in [6.45, 7) is 7.61. The predicted molar refractivity (Wildman–Crippen MR) is 122 cm³/mol. The van der Waals surface area contributed by atoms with Crippen LogP contribution in [0, 0.1) is 5.82 Å². The van der Waals surface area contributed by atoms with Crippen molar-refractivity contribution in [2.75, 3.05) is 5.75 Å². The summed E-state index contributed by atoms with van der Waals surface area (Å²) in [6, 6.07) is 12.8. The Kier molecular flexibility index (Phi) is 8.74. The number of halogens is 2. The number of nitrogens with zero attached hydrogens (tertiary/aromatic N) is 1. The fourth-order valence-corrected chi connectivity index (χ4v) is 3.99. The first-order chi connectivity index (χ1) is 14.1. The van der Waals surface area contributed by atoms with Crippen molar-refractivity contribution in [2.24, 2.45) is 0 Å². The molecule has 2 amide bonds. The molecule has 4 nitrogen and oxygen atoms in total. The fraction of sp³-hybridized carbons (Fsp3) is 0.391. The van der Waals surface area contributed by atoms with Gasteiger partial charge in [-0.25, -0.2) is 4.39 Å². The number of thioether (sulfide) groups is 1. The van der Waals surface area contributed by atoms with E-state index in [0.29, 0.717) is 10.8 Å². The molecule has 0 heterocycles. The van der Waals surface area contributed by atoms with Crippen LogP contribution in [0.4, 0.5) is 4.39 Å². The maximum Gasteiger partial charge on any atom is 0.242 e. The molecule has 7 heteroatoms. The van der Waals surface area contributed by atoms with E-state index in [2.05, 4.69) is 5.32 Å². The molecule has 1 atom stereocenters. The van der Waals surface area contributed by atoms with E-state index in [-0.39, 0.29) is 29.9 Å². The molecule has 2 aromatic carbocycles. The molecular weight excluding hydrogens is 423 g/mol. The van der Waals surface area contributed by atoms with Crippen molar-refractivity contribution in [3.8, 4) is 0 Å². The fourth-order valence-electron chi connectivity index (χ4n) is 2.79. The molecule has 0 aliphatic heterocycles. The number of carbonyl (C=O) groups excluding carboxylic acids is 2. The topological polar surface area (TPSA) is 49.4 Å². The van der Waals surface area contributed by atoms with Crippen molar-refractivity contribution in [3.05, 3.63) is 70.5 Å². The minimum Gasteiger partial charge on any atom is -0.350 e. The van der Waals surface area contributed by atoms with E-state index in [1.54, 1.807) is 19.1 Å². The first kappa shape index (κ1) is 24.2. The molecule has 1 N–H and O–H groups in total. The summed E-state index contributed by atoms with van der Waals surface area (Å²) in [5.41, 5.74) is 1.31. The standard InChI is InChI=1S/C23H28ClFN2O2S/c1-16(22(29)26-23(2,3)4)27(13-17-9-11-19(25)12-10-17)21(28)15-30-14-18-7-5-6-8-20(18)24/h5-12,16H,13-15H2,1-4H3,(H,26,29)/t16-/m1/s1. The molecular formula is C23H28ClFN2O2S. The van der Waals surface area contributed by atoms with Crippen LogP contribution in [0.1, 0.15) is 38.8 Å². The Morgan fingerprint density at radius 3 is 2.37 bits per heavy atom. The predicted octanol–water partition coefficient (Wildman–Crippen LogP) is 5.04. The molecule has 2 aromatic rings. The zero-order valence-corrected chi connectivity index (χ0v) is 19.3. The first-order valence-electron chi connectivity index (χ1n) is 9.74. The molecule has 2 rings (SSSR count). The van der Waals surface area contributed by atoms with Gasteiger partial charge >= 0.3 is 0 Å². The van der Waals surface area contributed by atoms with Crippen molar-refractivity contribution in [1.82, 2.24) is 10.2 Å². The third-order valence-electron chi connectivity index (χ3n) is 4.37. The Morgan fingerprint density at radius 2 is 1.77 bits per heavy atom. The quantitative estimate of drug-likeness (QED) is 0.612. The lowest BCUT2D eigenvalue weighted by atomic mass is 10.1. The van der Waals surface area contributed by atoms with E-state index in [0.717, 1.165) is 11.1 Å². The monoisotopic (exact) mass is 450 g/mol. The van der Waals surface area contributed by atoms with Crippen LogP contribution in [-0.2, 0) is 21.9 Å². The highest BCUT2D eigenvalue weighted by atomic mass is 35.5. The summed E-state index contributed by atoms with van der Waals surface area (Å²) >= 11 is 7.63. The Hall–Kier alpha value is -2.05. The number of rotatable bonds is 8. The van der Waals surface area contributed by atoms with Gasteiger partial charge in [-0.05, 0) is 57.0 Å². The SMILES string of the molecule is C[C@H](C(=O)NC(C)(C)C)N(Cc1ccc(F)cc1)C(=O)CSCc1ccccc1Cl. The zero-order valence-electron chi connectivity index (χ0n) is 17.7. The van der Waals surface area contributed by atoms with Gasteiger partial charge in [0.1, 0.15) is 11.9 Å². The molecule has 0 saturated heterocycles. The second-order valence-corrected chi connectivity index (χ2v) is 9.54. The summed E-state index contributed by atoms with van der Waals surface area (Å²) in [7, 11) is 0. The van der Waals surface area contributed by atoms with E-state index in [1.807, 2.05) is 45.0 Å². The first-order valence-corrected chi connectivity index (χ1v) is 11.3. The average molecular weight is 451 g/mol. The average Bonchev–Trinajstić information content (AvgIpc) is 2.67. The third kappa shape index (κ3) is 7.65. The van der Waals surface area contributed by atoms with Crippen LogP contribution in [-0.4, -0.2) is 34.0 Å². The lowest BCUT2D eigenvalue weighted by Gasteiger charge is -2.31. The Labute approximate surface area is 187 Å². The van der Waals surface area contributed by atoms with Crippen LogP contribution in [0.3, 0.4) is 0 Å². The zero-order chi connectivity index (χ0) is 22.3. The van der Waals surface area contributed by atoms with Crippen LogP contribution >= 0.6 is 23.4 Å². The minimum atomic E-state index is -0.664. The van der Waals surface area contributed by atoms with Crippen LogP contribution in [0.5, 0.6) is 0 Å². The van der Waals surface area contributed by atoms with Gasteiger partial charge in [-0.1, -0.05) is 41.9 Å².